The minimum atomic E-state index is -1.34. The van der Waals surface area contributed by atoms with Crippen molar-refractivity contribution in [3.8, 4) is 11.8 Å². The fraction of sp³-hybridized carbons (Fsp3) is 0.136. The Morgan fingerprint density at radius 3 is 2.43 bits per heavy atom. The molecule has 1 heterocycles. The molecule has 0 bridgehead atoms. The predicted octanol–water partition coefficient (Wildman–Crippen LogP) is 3.25. The van der Waals surface area contributed by atoms with Crippen LogP contribution in [0.4, 0.5) is 0 Å². The molecule has 0 aliphatic heterocycles. The van der Waals surface area contributed by atoms with E-state index in [2.05, 4.69) is 16.2 Å². The summed E-state index contributed by atoms with van der Waals surface area (Å²) in [6.07, 6.45) is 3.01. The van der Waals surface area contributed by atoms with Gasteiger partial charge >= 0.3 is 0 Å². The molecule has 4 rings (SSSR count). The molecule has 3 aromatic carbocycles. The van der Waals surface area contributed by atoms with E-state index in [-0.39, 0.29) is 6.54 Å². The number of aromatic nitrogens is 3. The maximum atomic E-state index is 11.8. The highest BCUT2D eigenvalue weighted by molar-refractivity contribution is 5.84. The van der Waals surface area contributed by atoms with Crippen molar-refractivity contribution in [1.82, 2.24) is 14.8 Å². The molecule has 0 radical (unpaired) electrons. The minimum absolute atomic E-state index is 0.195. The third kappa shape index (κ3) is 3.20. The van der Waals surface area contributed by atoms with Crippen LogP contribution in [-0.2, 0) is 12.1 Å². The molecule has 0 saturated heterocycles. The van der Waals surface area contributed by atoms with Crippen LogP contribution >= 0.6 is 0 Å². The molecule has 0 amide bonds. The molecule has 1 unspecified atom stereocenters. The standard InChI is InChI=1S/C22H18N4O2/c1-28-21-9-5-17-10-20(8-4-18(17)11-21)22(27,13-26-15-24-14-25-26)19-6-2-16(12-23)3-7-19/h2-11,14-15,27H,13H2,1H3. The van der Waals surface area contributed by atoms with Gasteiger partial charge in [-0.15, -0.1) is 0 Å². The molecule has 0 aliphatic carbocycles. The molecule has 6 heteroatoms. The van der Waals surface area contributed by atoms with E-state index in [1.54, 1.807) is 42.4 Å². The number of fused-ring (bicyclic) bond motifs is 1. The van der Waals surface area contributed by atoms with E-state index in [0.29, 0.717) is 11.1 Å². The van der Waals surface area contributed by atoms with Crippen LogP contribution in [0.5, 0.6) is 5.75 Å². The second-order valence-corrected chi connectivity index (χ2v) is 6.57. The second-order valence-electron chi connectivity index (χ2n) is 6.57. The van der Waals surface area contributed by atoms with Crippen LogP contribution in [0.1, 0.15) is 16.7 Å². The first kappa shape index (κ1) is 17.7. The van der Waals surface area contributed by atoms with Gasteiger partial charge in [0.2, 0.25) is 0 Å². The lowest BCUT2D eigenvalue weighted by molar-refractivity contribution is 0.0573. The largest absolute Gasteiger partial charge is 0.497 e. The molecule has 0 fully saturated rings. The Balaban J connectivity index is 1.84. The van der Waals surface area contributed by atoms with E-state index >= 15 is 0 Å². The maximum Gasteiger partial charge on any atom is 0.137 e. The molecular weight excluding hydrogens is 352 g/mol. The molecule has 0 saturated carbocycles. The average molecular weight is 370 g/mol. The Labute approximate surface area is 162 Å². The first-order chi connectivity index (χ1) is 13.6. The SMILES string of the molecule is COc1ccc2cc(C(O)(Cn3cncn3)c3ccc(C#N)cc3)ccc2c1. The maximum absolute atomic E-state index is 11.8. The number of rotatable bonds is 5. The summed E-state index contributed by atoms with van der Waals surface area (Å²) in [6, 6.07) is 20.7. The van der Waals surface area contributed by atoms with Crippen molar-refractivity contribution in [3.05, 3.63) is 90.0 Å². The third-order valence-corrected chi connectivity index (χ3v) is 4.87. The van der Waals surface area contributed by atoms with E-state index in [1.807, 2.05) is 36.4 Å². The summed E-state index contributed by atoms with van der Waals surface area (Å²) in [5.74, 6) is 0.783. The molecule has 1 atom stereocenters. The lowest BCUT2D eigenvalue weighted by Gasteiger charge is -2.29. The number of hydrogen-bond acceptors (Lipinski definition) is 5. The first-order valence-corrected chi connectivity index (χ1v) is 8.76. The summed E-state index contributed by atoms with van der Waals surface area (Å²) in [6.45, 7) is 0.195. The van der Waals surface area contributed by atoms with Crippen LogP contribution in [-0.4, -0.2) is 27.0 Å². The normalized spacial score (nSPS) is 13.0. The second kappa shape index (κ2) is 7.14. The summed E-state index contributed by atoms with van der Waals surface area (Å²) in [5, 5.41) is 27.0. The van der Waals surface area contributed by atoms with Gasteiger partial charge in [-0.3, -0.25) is 0 Å². The van der Waals surface area contributed by atoms with E-state index in [4.69, 9.17) is 10.00 Å². The zero-order valence-electron chi connectivity index (χ0n) is 15.3. The zero-order chi connectivity index (χ0) is 19.6. The molecule has 0 aliphatic rings. The monoisotopic (exact) mass is 370 g/mol. The van der Waals surface area contributed by atoms with Gasteiger partial charge in [-0.1, -0.05) is 30.3 Å². The molecule has 4 aromatic rings. The van der Waals surface area contributed by atoms with E-state index in [9.17, 15) is 5.11 Å². The highest BCUT2D eigenvalue weighted by Gasteiger charge is 2.33. The van der Waals surface area contributed by atoms with Crippen molar-refractivity contribution in [3.63, 3.8) is 0 Å². The summed E-state index contributed by atoms with van der Waals surface area (Å²) in [5.41, 5.74) is 0.605. The summed E-state index contributed by atoms with van der Waals surface area (Å²) < 4.78 is 6.88. The Morgan fingerprint density at radius 1 is 1.04 bits per heavy atom. The topological polar surface area (TPSA) is 84.0 Å². The molecule has 28 heavy (non-hydrogen) atoms. The van der Waals surface area contributed by atoms with E-state index in [1.165, 1.54) is 6.33 Å². The van der Waals surface area contributed by atoms with Crippen LogP contribution in [0, 0.1) is 11.3 Å². The minimum Gasteiger partial charge on any atom is -0.497 e. The van der Waals surface area contributed by atoms with Crippen molar-refractivity contribution < 1.29 is 9.84 Å². The van der Waals surface area contributed by atoms with Gasteiger partial charge in [-0.2, -0.15) is 10.4 Å². The van der Waals surface area contributed by atoms with Crippen LogP contribution in [0.3, 0.4) is 0 Å². The Morgan fingerprint density at radius 2 is 1.75 bits per heavy atom. The van der Waals surface area contributed by atoms with Crippen LogP contribution < -0.4 is 4.74 Å². The van der Waals surface area contributed by atoms with Gasteiger partial charge < -0.3 is 9.84 Å². The summed E-state index contributed by atoms with van der Waals surface area (Å²) in [4.78, 5) is 3.97. The van der Waals surface area contributed by atoms with Crippen molar-refractivity contribution >= 4 is 10.8 Å². The van der Waals surface area contributed by atoms with Crippen LogP contribution in [0.2, 0.25) is 0 Å². The van der Waals surface area contributed by atoms with E-state index in [0.717, 1.165) is 22.1 Å². The third-order valence-electron chi connectivity index (χ3n) is 4.87. The van der Waals surface area contributed by atoms with Gasteiger partial charge in [-0.25, -0.2) is 9.67 Å². The van der Waals surface area contributed by atoms with Crippen molar-refractivity contribution in [2.75, 3.05) is 7.11 Å². The Hall–Kier alpha value is -3.69. The molecule has 1 N–H and O–H groups in total. The van der Waals surface area contributed by atoms with Crippen molar-refractivity contribution in [1.29, 1.82) is 5.26 Å². The van der Waals surface area contributed by atoms with Crippen molar-refractivity contribution in [2.45, 2.75) is 12.1 Å². The number of aliphatic hydroxyl groups is 1. The Bertz CT molecular complexity index is 1150. The molecule has 0 spiro atoms. The van der Waals surface area contributed by atoms with Crippen LogP contribution in [0.15, 0.2) is 73.3 Å². The lowest BCUT2D eigenvalue weighted by atomic mass is 9.85. The fourth-order valence-electron chi connectivity index (χ4n) is 3.33. The van der Waals surface area contributed by atoms with Gasteiger partial charge in [0.1, 0.15) is 24.0 Å². The number of ether oxygens (including phenoxy) is 1. The molecule has 6 nitrogen and oxygen atoms in total. The number of methoxy groups -OCH3 is 1. The number of hydrogen-bond donors (Lipinski definition) is 1. The quantitative estimate of drug-likeness (QED) is 0.583. The van der Waals surface area contributed by atoms with Gasteiger partial charge in [0.25, 0.3) is 0 Å². The van der Waals surface area contributed by atoms with Gasteiger partial charge in [-0.05, 0) is 52.2 Å². The van der Waals surface area contributed by atoms with Gasteiger partial charge in [0.05, 0.1) is 25.3 Å². The first-order valence-electron chi connectivity index (χ1n) is 8.76. The molecule has 138 valence electrons. The average Bonchev–Trinajstić information content (AvgIpc) is 3.25. The number of benzene rings is 3. The highest BCUT2D eigenvalue weighted by atomic mass is 16.5. The predicted molar refractivity (Wildman–Crippen MR) is 105 cm³/mol. The smallest absolute Gasteiger partial charge is 0.137 e. The van der Waals surface area contributed by atoms with E-state index < -0.39 is 5.60 Å². The van der Waals surface area contributed by atoms with Gasteiger partial charge in [0, 0.05) is 0 Å². The number of nitriles is 1. The summed E-state index contributed by atoms with van der Waals surface area (Å²) in [7, 11) is 1.64. The zero-order valence-corrected chi connectivity index (χ0v) is 15.3. The Kier molecular flexibility index (Phi) is 4.52. The number of nitrogens with zero attached hydrogens (tertiary/aromatic N) is 4. The molecule has 1 aromatic heterocycles. The highest BCUT2D eigenvalue weighted by Crippen LogP contribution is 2.34. The lowest BCUT2D eigenvalue weighted by Crippen LogP contribution is -2.33. The van der Waals surface area contributed by atoms with Gasteiger partial charge in [0.15, 0.2) is 0 Å². The van der Waals surface area contributed by atoms with Crippen LogP contribution in [0.25, 0.3) is 10.8 Å². The van der Waals surface area contributed by atoms with Crippen molar-refractivity contribution in [2.24, 2.45) is 0 Å². The summed E-state index contributed by atoms with van der Waals surface area (Å²) >= 11 is 0. The molecular formula is C22H18N4O2. The fourth-order valence-corrected chi connectivity index (χ4v) is 3.33.